The number of carbonyl (C=O) groups excluding carboxylic acids is 2. The lowest BCUT2D eigenvalue weighted by molar-refractivity contribution is -0.236. The second-order valence-corrected chi connectivity index (χ2v) is 11.3. The highest BCUT2D eigenvalue weighted by atomic mass is 16.5. The van der Waals surface area contributed by atoms with E-state index in [1.165, 1.54) is 0 Å². The van der Waals surface area contributed by atoms with E-state index >= 15 is 0 Å². The van der Waals surface area contributed by atoms with Crippen molar-refractivity contribution in [3.63, 3.8) is 0 Å². The van der Waals surface area contributed by atoms with Crippen molar-refractivity contribution in [2.24, 2.45) is 34.0 Å². The van der Waals surface area contributed by atoms with Crippen molar-refractivity contribution in [1.29, 1.82) is 0 Å². The molecule has 9 atom stereocenters. The molecule has 6 nitrogen and oxygen atoms in total. The predicted octanol–water partition coefficient (Wildman–Crippen LogP) is 2.14. The highest BCUT2D eigenvalue weighted by Crippen LogP contribution is 2.72. The van der Waals surface area contributed by atoms with Gasteiger partial charge in [0.05, 0.1) is 17.8 Å². The molecule has 5 rings (SSSR count). The van der Waals surface area contributed by atoms with E-state index in [0.717, 1.165) is 44.0 Å². The Bertz CT molecular complexity index is 808. The van der Waals surface area contributed by atoms with E-state index in [9.17, 15) is 24.9 Å². The van der Waals surface area contributed by atoms with Gasteiger partial charge in [0, 0.05) is 16.9 Å². The molecule has 30 heavy (non-hydrogen) atoms. The minimum absolute atomic E-state index is 0.00293. The molecule has 0 unspecified atom stereocenters. The van der Waals surface area contributed by atoms with Gasteiger partial charge in [-0.15, -0.1) is 0 Å². The van der Waals surface area contributed by atoms with Crippen LogP contribution in [0.2, 0.25) is 0 Å². The largest absolute Gasteiger partial charge is 0.458 e. The van der Waals surface area contributed by atoms with Gasteiger partial charge >= 0.3 is 5.97 Å². The first-order valence-corrected chi connectivity index (χ1v) is 11.5. The van der Waals surface area contributed by atoms with Gasteiger partial charge in [-0.05, 0) is 80.1 Å². The lowest BCUT2D eigenvalue weighted by Gasteiger charge is -2.66. The van der Waals surface area contributed by atoms with E-state index in [2.05, 4.69) is 13.8 Å². The molecule has 4 aliphatic carbocycles. The summed E-state index contributed by atoms with van der Waals surface area (Å²) in [4.78, 5) is 24.3. The zero-order valence-corrected chi connectivity index (χ0v) is 18.0. The summed E-state index contributed by atoms with van der Waals surface area (Å²) in [6.07, 6.45) is 6.37. The standard InChI is InChI=1S/C24H34O6/c1-21-6-3-17-16(23(21,13-25)11-19(27)18(26)10-21)4-7-22(2)15(5-8-24(17,22)29)14-9-20(28)30-12-14/h9,13,15-19,26-27,29H,3-8,10-12H2,1-2H3/t15-,16+,17+,18-,19-,21+,22-,23+,24+/m1/s1. The van der Waals surface area contributed by atoms with E-state index in [-0.39, 0.29) is 41.0 Å². The van der Waals surface area contributed by atoms with Crippen LogP contribution in [0.5, 0.6) is 0 Å². The number of hydrogen-bond donors (Lipinski definition) is 3. The van der Waals surface area contributed by atoms with Crippen LogP contribution in [0.3, 0.4) is 0 Å². The van der Waals surface area contributed by atoms with Gasteiger partial charge in [-0.2, -0.15) is 0 Å². The Morgan fingerprint density at radius 2 is 1.73 bits per heavy atom. The summed E-state index contributed by atoms with van der Waals surface area (Å²) in [6, 6.07) is 0. The molecule has 3 N–H and O–H groups in total. The van der Waals surface area contributed by atoms with Crippen molar-refractivity contribution < 1.29 is 29.6 Å². The van der Waals surface area contributed by atoms with Crippen LogP contribution in [0.25, 0.3) is 0 Å². The summed E-state index contributed by atoms with van der Waals surface area (Å²) in [6.45, 7) is 4.57. The lowest BCUT2D eigenvalue weighted by atomic mass is 9.39. The summed E-state index contributed by atoms with van der Waals surface area (Å²) in [7, 11) is 0. The molecule has 0 radical (unpaired) electrons. The fourth-order valence-electron chi connectivity index (χ4n) is 8.70. The van der Waals surface area contributed by atoms with E-state index in [1.54, 1.807) is 6.08 Å². The van der Waals surface area contributed by atoms with Gasteiger partial charge in [-0.1, -0.05) is 13.8 Å². The molecule has 0 bridgehead atoms. The van der Waals surface area contributed by atoms with Crippen LogP contribution >= 0.6 is 0 Å². The number of fused-ring (bicyclic) bond motifs is 5. The maximum atomic E-state index is 12.7. The van der Waals surface area contributed by atoms with Gasteiger partial charge in [-0.25, -0.2) is 4.79 Å². The third-order valence-corrected chi connectivity index (χ3v) is 10.4. The molecule has 0 aromatic carbocycles. The molecular weight excluding hydrogens is 384 g/mol. The second kappa shape index (κ2) is 6.39. The van der Waals surface area contributed by atoms with Crippen LogP contribution < -0.4 is 0 Å². The number of aliphatic hydroxyl groups is 3. The Morgan fingerprint density at radius 1 is 1.03 bits per heavy atom. The van der Waals surface area contributed by atoms with Gasteiger partial charge in [0.1, 0.15) is 12.9 Å². The molecule has 6 heteroatoms. The fraction of sp³-hybridized carbons (Fsp3) is 0.833. The molecule has 0 aromatic rings. The summed E-state index contributed by atoms with van der Waals surface area (Å²) in [5, 5.41) is 33.0. The van der Waals surface area contributed by atoms with Gasteiger partial charge in [0.15, 0.2) is 0 Å². The van der Waals surface area contributed by atoms with Crippen LogP contribution in [0, 0.1) is 34.0 Å². The number of rotatable bonds is 2. The number of aldehydes is 1. The van der Waals surface area contributed by atoms with Crippen molar-refractivity contribution in [3.05, 3.63) is 11.6 Å². The molecule has 4 saturated carbocycles. The predicted molar refractivity (Wildman–Crippen MR) is 108 cm³/mol. The van der Waals surface area contributed by atoms with E-state index in [1.807, 2.05) is 0 Å². The monoisotopic (exact) mass is 418 g/mol. The zero-order chi connectivity index (χ0) is 21.5. The molecular formula is C24H34O6. The molecule has 166 valence electrons. The Morgan fingerprint density at radius 3 is 2.40 bits per heavy atom. The van der Waals surface area contributed by atoms with Gasteiger partial charge in [0.2, 0.25) is 0 Å². The Hall–Kier alpha value is -1.24. The highest BCUT2D eigenvalue weighted by molar-refractivity contribution is 5.85. The summed E-state index contributed by atoms with van der Waals surface area (Å²) < 4.78 is 5.17. The van der Waals surface area contributed by atoms with Crippen LogP contribution in [0.1, 0.15) is 65.2 Å². The number of esters is 1. The average molecular weight is 419 g/mol. The highest BCUT2D eigenvalue weighted by Gasteiger charge is 2.71. The molecule has 1 heterocycles. The lowest BCUT2D eigenvalue weighted by Crippen LogP contribution is -2.67. The second-order valence-electron chi connectivity index (χ2n) is 11.3. The third-order valence-electron chi connectivity index (χ3n) is 10.4. The van der Waals surface area contributed by atoms with Gasteiger partial charge in [-0.3, -0.25) is 0 Å². The van der Waals surface area contributed by atoms with Crippen molar-refractivity contribution in [1.82, 2.24) is 0 Å². The summed E-state index contributed by atoms with van der Waals surface area (Å²) >= 11 is 0. The Kier molecular flexibility index (Phi) is 4.40. The quantitative estimate of drug-likeness (QED) is 0.469. The number of carbonyl (C=O) groups is 2. The first-order chi connectivity index (χ1) is 14.1. The van der Waals surface area contributed by atoms with Crippen molar-refractivity contribution in [2.45, 2.75) is 83.0 Å². The Balaban J connectivity index is 1.53. The molecule has 1 aliphatic heterocycles. The number of ether oxygens (including phenoxy) is 1. The summed E-state index contributed by atoms with van der Waals surface area (Å²) in [5.74, 6) is -0.182. The van der Waals surface area contributed by atoms with Crippen molar-refractivity contribution in [3.8, 4) is 0 Å². The maximum absolute atomic E-state index is 12.7. The SMILES string of the molecule is C[C@@]12CC[C@H]3[C@H](CC[C@]4(C)[C@@H](C5=CC(=O)OC5)CC[C@]34O)[C@@]1(C=O)C[C@@H](O)[C@H](O)C2. The molecule has 5 aliphatic rings. The zero-order valence-electron chi connectivity index (χ0n) is 18.0. The smallest absolute Gasteiger partial charge is 0.331 e. The molecule has 0 aromatic heterocycles. The van der Waals surface area contributed by atoms with Gasteiger partial charge < -0.3 is 24.9 Å². The molecule has 0 saturated heterocycles. The van der Waals surface area contributed by atoms with Crippen LogP contribution in [-0.2, 0) is 14.3 Å². The van der Waals surface area contributed by atoms with Crippen LogP contribution in [0.15, 0.2) is 11.6 Å². The Labute approximate surface area is 177 Å². The normalized spacial score (nSPS) is 55.2. The van der Waals surface area contributed by atoms with Crippen LogP contribution in [-0.4, -0.2) is 52.0 Å². The molecule has 4 fully saturated rings. The minimum Gasteiger partial charge on any atom is -0.458 e. The number of aliphatic hydroxyl groups excluding tert-OH is 2. The van der Waals surface area contributed by atoms with Crippen molar-refractivity contribution in [2.75, 3.05) is 6.61 Å². The van der Waals surface area contributed by atoms with E-state index < -0.39 is 23.2 Å². The first kappa shape index (κ1) is 20.7. The van der Waals surface area contributed by atoms with E-state index in [0.29, 0.717) is 19.4 Å². The maximum Gasteiger partial charge on any atom is 0.331 e. The van der Waals surface area contributed by atoms with Crippen LogP contribution in [0.4, 0.5) is 0 Å². The average Bonchev–Trinajstić information content (AvgIpc) is 3.23. The topological polar surface area (TPSA) is 104 Å². The fourth-order valence-corrected chi connectivity index (χ4v) is 8.70. The van der Waals surface area contributed by atoms with Crippen molar-refractivity contribution >= 4 is 12.3 Å². The minimum atomic E-state index is -0.897. The van der Waals surface area contributed by atoms with E-state index in [4.69, 9.17) is 4.74 Å². The molecule has 0 amide bonds. The van der Waals surface area contributed by atoms with Gasteiger partial charge in [0.25, 0.3) is 0 Å². The number of cyclic esters (lactones) is 1. The number of hydrogen-bond acceptors (Lipinski definition) is 6. The molecule has 0 spiro atoms. The third kappa shape index (κ3) is 2.36. The first-order valence-electron chi connectivity index (χ1n) is 11.5. The summed E-state index contributed by atoms with van der Waals surface area (Å²) in [5.41, 5.74) is -1.32.